The van der Waals surface area contributed by atoms with E-state index in [0.29, 0.717) is 44.7 Å². The van der Waals surface area contributed by atoms with Crippen molar-refractivity contribution < 1.29 is 17.7 Å². The molecule has 0 amide bonds. The third-order valence-corrected chi connectivity index (χ3v) is 5.51. The van der Waals surface area contributed by atoms with Crippen LogP contribution >= 0.6 is 0 Å². The molecular weight excluding hydrogens is 376 g/mol. The molecule has 5 aromatic carbocycles. The molecule has 0 fully saturated rings. The second-order valence-corrected chi connectivity index (χ2v) is 7.45. The van der Waals surface area contributed by atoms with Gasteiger partial charge in [0.2, 0.25) is 0 Å². The predicted octanol–water partition coefficient (Wildman–Crippen LogP) is 8.10. The number of benzene rings is 5. The van der Waals surface area contributed by atoms with Crippen LogP contribution in [0.25, 0.3) is 66.2 Å². The van der Waals surface area contributed by atoms with Crippen LogP contribution in [0.1, 0.15) is 0 Å². The van der Waals surface area contributed by atoms with Crippen LogP contribution in [0.3, 0.4) is 0 Å². The van der Waals surface area contributed by atoms with Gasteiger partial charge in [-0.2, -0.15) is 0 Å². The minimum absolute atomic E-state index is 0.601. The van der Waals surface area contributed by atoms with Gasteiger partial charge in [0.1, 0.15) is 0 Å². The van der Waals surface area contributed by atoms with E-state index in [1.807, 2.05) is 60.7 Å². The summed E-state index contributed by atoms with van der Waals surface area (Å²) in [7, 11) is 0. The van der Waals surface area contributed by atoms with Crippen LogP contribution in [-0.4, -0.2) is 0 Å². The molecule has 0 N–H and O–H groups in total. The molecule has 0 aliphatic heterocycles. The fraction of sp³-hybridized carbons (Fsp3) is 0. The van der Waals surface area contributed by atoms with Crippen molar-refractivity contribution in [3.63, 3.8) is 0 Å². The highest BCUT2D eigenvalue weighted by atomic mass is 16.4. The van der Waals surface area contributed by atoms with Crippen LogP contribution in [0.5, 0.6) is 0 Å². The summed E-state index contributed by atoms with van der Waals surface area (Å²) in [6.45, 7) is 0. The number of hydrogen-bond donors (Lipinski definition) is 0. The Hall–Kier alpha value is -4.18. The minimum Gasteiger partial charge on any atom is -0.449 e. The van der Waals surface area contributed by atoms with E-state index in [2.05, 4.69) is 24.3 Å². The van der Waals surface area contributed by atoms with Crippen molar-refractivity contribution in [3.05, 3.63) is 84.9 Å². The maximum atomic E-state index is 6.15. The molecular formula is C26H14O4. The molecule has 4 heteroatoms. The third kappa shape index (κ3) is 2.28. The van der Waals surface area contributed by atoms with Crippen LogP contribution < -0.4 is 0 Å². The van der Waals surface area contributed by atoms with E-state index in [9.17, 15) is 0 Å². The molecule has 7 aromatic rings. The van der Waals surface area contributed by atoms with Gasteiger partial charge >= 0.3 is 0 Å². The molecule has 2 aromatic heterocycles. The van der Waals surface area contributed by atoms with E-state index in [1.165, 1.54) is 0 Å². The third-order valence-electron chi connectivity index (χ3n) is 5.51. The summed E-state index contributed by atoms with van der Waals surface area (Å²) in [5.41, 5.74) is 5.14. The van der Waals surface area contributed by atoms with Crippen molar-refractivity contribution in [1.82, 2.24) is 0 Å². The summed E-state index contributed by atoms with van der Waals surface area (Å²) in [5, 5.41) is 4.39. The van der Waals surface area contributed by atoms with Crippen molar-refractivity contribution in [1.29, 1.82) is 0 Å². The Bertz CT molecular complexity index is 1540. The van der Waals surface area contributed by atoms with Crippen molar-refractivity contribution in [2.75, 3.05) is 0 Å². The molecule has 0 unspecified atom stereocenters. The molecule has 0 saturated carbocycles. The summed E-state index contributed by atoms with van der Waals surface area (Å²) in [6, 6.07) is 27.9. The molecule has 0 bridgehead atoms. The topological polar surface area (TPSA) is 52.6 Å². The van der Waals surface area contributed by atoms with E-state index >= 15 is 0 Å². The molecule has 0 spiro atoms. The van der Waals surface area contributed by atoms with Gasteiger partial charge in [0.05, 0.1) is 0 Å². The van der Waals surface area contributed by atoms with Gasteiger partial charge in [-0.15, -0.1) is 0 Å². The second kappa shape index (κ2) is 5.67. The molecule has 0 saturated heterocycles. The van der Waals surface area contributed by atoms with Gasteiger partial charge in [0, 0.05) is 12.1 Å². The first-order valence-corrected chi connectivity index (χ1v) is 9.75. The van der Waals surface area contributed by atoms with Crippen molar-refractivity contribution in [2.45, 2.75) is 0 Å². The monoisotopic (exact) mass is 390 g/mol. The summed E-state index contributed by atoms with van der Waals surface area (Å²) >= 11 is 0. The highest BCUT2D eigenvalue weighted by Gasteiger charge is 2.11. The van der Waals surface area contributed by atoms with E-state index in [0.717, 1.165) is 21.5 Å². The zero-order valence-electron chi connectivity index (χ0n) is 15.7. The Morgan fingerprint density at radius 2 is 0.533 bits per heavy atom. The molecule has 7 rings (SSSR count). The lowest BCUT2D eigenvalue weighted by atomic mass is 10.1. The zero-order chi connectivity index (χ0) is 19.7. The van der Waals surface area contributed by atoms with Crippen LogP contribution in [0.4, 0.5) is 0 Å². The van der Waals surface area contributed by atoms with Crippen molar-refractivity contribution in [3.8, 4) is 0 Å². The van der Waals surface area contributed by atoms with Gasteiger partial charge in [-0.25, -0.2) is 0 Å². The lowest BCUT2D eigenvalue weighted by molar-refractivity contribution is 0.565. The second-order valence-electron chi connectivity index (χ2n) is 7.45. The normalized spacial score (nSPS) is 12.0. The molecule has 4 nitrogen and oxygen atoms in total. The predicted molar refractivity (Wildman–Crippen MR) is 118 cm³/mol. The Labute approximate surface area is 169 Å². The summed E-state index contributed by atoms with van der Waals surface area (Å²) in [6.07, 6.45) is 0. The van der Waals surface area contributed by atoms with Gasteiger partial charge in [-0.05, 0) is 45.8 Å². The Kier molecular flexibility index (Phi) is 2.97. The lowest BCUT2D eigenvalue weighted by Gasteiger charge is -2.06. The van der Waals surface area contributed by atoms with Crippen LogP contribution in [0.15, 0.2) is 103 Å². The van der Waals surface area contributed by atoms with E-state index in [-0.39, 0.29) is 0 Å². The molecule has 30 heavy (non-hydrogen) atoms. The summed E-state index contributed by atoms with van der Waals surface area (Å²) < 4.78 is 24.6. The highest BCUT2D eigenvalue weighted by molar-refractivity contribution is 5.98. The van der Waals surface area contributed by atoms with E-state index < -0.39 is 0 Å². The molecule has 0 aliphatic carbocycles. The lowest BCUT2D eigenvalue weighted by Crippen LogP contribution is -1.82. The van der Waals surface area contributed by atoms with Crippen LogP contribution in [-0.2, 0) is 0 Å². The van der Waals surface area contributed by atoms with Crippen molar-refractivity contribution in [2.24, 2.45) is 0 Å². The van der Waals surface area contributed by atoms with Gasteiger partial charge in [-0.3, -0.25) is 0 Å². The summed E-state index contributed by atoms with van der Waals surface area (Å²) in [4.78, 5) is 0. The van der Waals surface area contributed by atoms with Crippen LogP contribution in [0, 0.1) is 0 Å². The van der Waals surface area contributed by atoms with Crippen LogP contribution in [0.2, 0.25) is 0 Å². The zero-order valence-corrected chi connectivity index (χ0v) is 15.7. The smallest absolute Gasteiger partial charge is 0.174 e. The number of fused-ring (bicyclic) bond motifs is 6. The summed E-state index contributed by atoms with van der Waals surface area (Å²) in [5.74, 6) is 0. The molecule has 2 heterocycles. The number of rotatable bonds is 0. The largest absolute Gasteiger partial charge is 0.449 e. The van der Waals surface area contributed by atoms with E-state index in [1.54, 1.807) is 0 Å². The van der Waals surface area contributed by atoms with Gasteiger partial charge in [-0.1, -0.05) is 48.5 Å². The molecule has 0 aliphatic rings. The van der Waals surface area contributed by atoms with Gasteiger partial charge in [0.15, 0.2) is 44.7 Å². The highest BCUT2D eigenvalue weighted by Crippen LogP contribution is 2.33. The SMILES string of the molecule is c1ccc2cc3oc4cc5oc6cc7ccccc7cc6oc5cc4oc3cc2c1. The minimum atomic E-state index is 0.601. The maximum Gasteiger partial charge on any atom is 0.174 e. The average molecular weight is 390 g/mol. The van der Waals surface area contributed by atoms with Gasteiger partial charge in [0.25, 0.3) is 0 Å². The fourth-order valence-corrected chi connectivity index (χ4v) is 4.03. The first-order valence-electron chi connectivity index (χ1n) is 9.75. The molecule has 142 valence electrons. The van der Waals surface area contributed by atoms with Gasteiger partial charge < -0.3 is 17.7 Å². The number of hydrogen-bond acceptors (Lipinski definition) is 4. The van der Waals surface area contributed by atoms with Crippen molar-refractivity contribution >= 4 is 66.2 Å². The quantitative estimate of drug-likeness (QED) is 0.245. The maximum absolute atomic E-state index is 6.15. The standard InChI is InChI=1S/C26H14O4/c1-2-6-16-10-20-19(9-15(16)5-1)27-23-13-25-26(14-24(23)28-20)30-22-12-18-8-4-3-7-17(18)11-21(22)29-25/h1-14H. The average Bonchev–Trinajstić information content (AvgIpc) is 2.77. The van der Waals surface area contributed by atoms with E-state index in [4.69, 9.17) is 17.7 Å². The Balaban J connectivity index is 1.54. The fourth-order valence-electron chi connectivity index (χ4n) is 4.03. The first-order chi connectivity index (χ1) is 14.8. The Morgan fingerprint density at radius 1 is 0.300 bits per heavy atom. The first kappa shape index (κ1) is 15.7. The molecule has 0 radical (unpaired) electrons. The molecule has 0 atom stereocenters. The Morgan fingerprint density at radius 3 is 0.800 bits per heavy atom.